The third-order valence-corrected chi connectivity index (χ3v) is 3.47. The molecule has 0 radical (unpaired) electrons. The first kappa shape index (κ1) is 15.1. The summed E-state index contributed by atoms with van der Waals surface area (Å²) in [5.74, 6) is 0.954. The van der Waals surface area contributed by atoms with Gasteiger partial charge < -0.3 is 10.1 Å². The molecule has 2 rings (SSSR count). The zero-order valence-corrected chi connectivity index (χ0v) is 13.3. The van der Waals surface area contributed by atoms with Gasteiger partial charge in [-0.15, -0.1) is 0 Å². The minimum atomic E-state index is 0.774. The number of halogens is 1. The molecule has 0 aliphatic carbocycles. The summed E-state index contributed by atoms with van der Waals surface area (Å²) in [7, 11) is 0. The molecule has 106 valence electrons. The molecular weight excluding hydrogens is 314 g/mol. The van der Waals surface area contributed by atoms with E-state index in [9.17, 15) is 0 Å². The van der Waals surface area contributed by atoms with Crippen molar-refractivity contribution in [3.8, 4) is 5.75 Å². The summed E-state index contributed by atoms with van der Waals surface area (Å²) in [5.41, 5.74) is 2.53. The second kappa shape index (κ2) is 8.08. The van der Waals surface area contributed by atoms with E-state index in [4.69, 9.17) is 4.74 Å². The van der Waals surface area contributed by atoms with Crippen LogP contribution in [0.25, 0.3) is 0 Å². The third kappa shape index (κ3) is 4.99. The number of ether oxygens (including phenoxy) is 1. The summed E-state index contributed by atoms with van der Waals surface area (Å²) in [6.07, 6.45) is 1.03. The van der Waals surface area contributed by atoms with Gasteiger partial charge in [0.15, 0.2) is 0 Å². The lowest BCUT2D eigenvalue weighted by atomic mass is 10.2. The lowest BCUT2D eigenvalue weighted by Gasteiger charge is -2.08. The Hall–Kier alpha value is -1.32. The van der Waals surface area contributed by atoms with E-state index < -0.39 is 0 Å². The molecule has 0 aromatic heterocycles. The molecule has 0 bridgehead atoms. The van der Waals surface area contributed by atoms with Crippen molar-refractivity contribution in [3.63, 3.8) is 0 Å². The van der Waals surface area contributed by atoms with Gasteiger partial charge in [-0.1, -0.05) is 47.1 Å². The quantitative estimate of drug-likeness (QED) is 0.803. The van der Waals surface area contributed by atoms with Crippen molar-refractivity contribution in [2.75, 3.05) is 6.61 Å². The van der Waals surface area contributed by atoms with Crippen LogP contribution in [0.5, 0.6) is 5.75 Å². The van der Waals surface area contributed by atoms with E-state index in [2.05, 4.69) is 64.6 Å². The highest BCUT2D eigenvalue weighted by atomic mass is 79.9. The molecule has 0 fully saturated rings. The lowest BCUT2D eigenvalue weighted by Crippen LogP contribution is -2.12. The van der Waals surface area contributed by atoms with Gasteiger partial charge in [0.1, 0.15) is 5.75 Å². The number of nitrogens with one attached hydrogen (secondary N) is 1. The minimum Gasteiger partial charge on any atom is -0.494 e. The van der Waals surface area contributed by atoms with Crippen LogP contribution in [0.4, 0.5) is 0 Å². The van der Waals surface area contributed by atoms with Crippen LogP contribution in [-0.2, 0) is 13.1 Å². The maximum absolute atomic E-state index is 5.64. The number of benzene rings is 2. The molecular formula is C17H20BrNO. The molecule has 2 nitrogen and oxygen atoms in total. The highest BCUT2D eigenvalue weighted by Gasteiger charge is 1.98. The molecule has 1 N–H and O–H groups in total. The van der Waals surface area contributed by atoms with Crippen molar-refractivity contribution in [3.05, 3.63) is 64.1 Å². The Morgan fingerprint density at radius 1 is 1.00 bits per heavy atom. The summed E-state index contributed by atoms with van der Waals surface area (Å²) >= 11 is 3.44. The zero-order chi connectivity index (χ0) is 14.2. The first-order valence-electron chi connectivity index (χ1n) is 6.95. The Morgan fingerprint density at radius 3 is 2.50 bits per heavy atom. The van der Waals surface area contributed by atoms with Crippen LogP contribution in [0.2, 0.25) is 0 Å². The van der Waals surface area contributed by atoms with E-state index in [1.165, 1.54) is 11.1 Å². The molecule has 2 aromatic rings. The SMILES string of the molecule is CCCOc1cccc(CNCc2ccc(Br)cc2)c1. The van der Waals surface area contributed by atoms with Crippen molar-refractivity contribution >= 4 is 15.9 Å². The Morgan fingerprint density at radius 2 is 1.75 bits per heavy atom. The van der Waals surface area contributed by atoms with Crippen molar-refractivity contribution in [1.29, 1.82) is 0 Å². The van der Waals surface area contributed by atoms with Crippen molar-refractivity contribution in [1.82, 2.24) is 5.32 Å². The summed E-state index contributed by atoms with van der Waals surface area (Å²) in [5, 5.41) is 3.45. The Kier molecular flexibility index (Phi) is 6.09. The molecule has 0 heterocycles. The van der Waals surface area contributed by atoms with E-state index in [1.807, 2.05) is 12.1 Å². The first-order valence-corrected chi connectivity index (χ1v) is 7.74. The smallest absolute Gasteiger partial charge is 0.119 e. The molecule has 0 aliphatic rings. The van der Waals surface area contributed by atoms with Gasteiger partial charge in [0.2, 0.25) is 0 Å². The molecule has 0 aliphatic heterocycles. The van der Waals surface area contributed by atoms with E-state index in [0.717, 1.165) is 36.3 Å². The van der Waals surface area contributed by atoms with Gasteiger partial charge in [0.25, 0.3) is 0 Å². The minimum absolute atomic E-state index is 0.774. The van der Waals surface area contributed by atoms with Crippen molar-refractivity contribution in [2.45, 2.75) is 26.4 Å². The molecule has 3 heteroatoms. The summed E-state index contributed by atoms with van der Waals surface area (Å²) in [6.45, 7) is 4.60. The molecule has 20 heavy (non-hydrogen) atoms. The monoisotopic (exact) mass is 333 g/mol. The van der Waals surface area contributed by atoms with Crippen molar-refractivity contribution in [2.24, 2.45) is 0 Å². The van der Waals surface area contributed by atoms with Crippen LogP contribution < -0.4 is 10.1 Å². The van der Waals surface area contributed by atoms with Crippen LogP contribution in [-0.4, -0.2) is 6.61 Å². The van der Waals surface area contributed by atoms with E-state index >= 15 is 0 Å². The molecule has 0 saturated heterocycles. The number of hydrogen-bond donors (Lipinski definition) is 1. The Bertz CT molecular complexity index is 525. The molecule has 0 amide bonds. The zero-order valence-electron chi connectivity index (χ0n) is 11.7. The first-order chi connectivity index (χ1) is 9.78. The van der Waals surface area contributed by atoms with Gasteiger partial charge in [-0.05, 0) is 41.8 Å². The lowest BCUT2D eigenvalue weighted by molar-refractivity contribution is 0.317. The Balaban J connectivity index is 1.82. The van der Waals surface area contributed by atoms with E-state index in [0.29, 0.717) is 0 Å². The second-order valence-corrected chi connectivity index (χ2v) is 5.64. The van der Waals surface area contributed by atoms with E-state index in [1.54, 1.807) is 0 Å². The maximum Gasteiger partial charge on any atom is 0.119 e. The predicted octanol–water partition coefficient (Wildman–Crippen LogP) is 4.53. The highest BCUT2D eigenvalue weighted by molar-refractivity contribution is 9.10. The van der Waals surface area contributed by atoms with Gasteiger partial charge in [0, 0.05) is 17.6 Å². The average Bonchev–Trinajstić information content (AvgIpc) is 2.48. The van der Waals surface area contributed by atoms with Gasteiger partial charge in [0.05, 0.1) is 6.61 Å². The third-order valence-electron chi connectivity index (χ3n) is 2.94. The van der Waals surface area contributed by atoms with E-state index in [-0.39, 0.29) is 0 Å². The van der Waals surface area contributed by atoms with Crippen LogP contribution in [0.1, 0.15) is 24.5 Å². The standard InChI is InChI=1S/C17H20BrNO/c1-2-10-20-17-5-3-4-15(11-17)13-19-12-14-6-8-16(18)9-7-14/h3-9,11,19H,2,10,12-13H2,1H3. The van der Waals surface area contributed by atoms with Gasteiger partial charge >= 0.3 is 0 Å². The van der Waals surface area contributed by atoms with Crippen LogP contribution in [0.3, 0.4) is 0 Å². The fraction of sp³-hybridized carbons (Fsp3) is 0.294. The molecule has 2 aromatic carbocycles. The molecule has 0 spiro atoms. The van der Waals surface area contributed by atoms with Gasteiger partial charge in [-0.2, -0.15) is 0 Å². The van der Waals surface area contributed by atoms with Crippen LogP contribution in [0.15, 0.2) is 53.0 Å². The summed E-state index contributed by atoms with van der Waals surface area (Å²) < 4.78 is 6.75. The number of hydrogen-bond acceptors (Lipinski definition) is 2. The Labute approximate surface area is 129 Å². The summed E-state index contributed by atoms with van der Waals surface area (Å²) in [6, 6.07) is 16.6. The topological polar surface area (TPSA) is 21.3 Å². The second-order valence-electron chi connectivity index (χ2n) is 4.73. The summed E-state index contributed by atoms with van der Waals surface area (Å²) in [4.78, 5) is 0. The fourth-order valence-corrected chi connectivity index (χ4v) is 2.18. The largest absolute Gasteiger partial charge is 0.494 e. The number of rotatable bonds is 7. The van der Waals surface area contributed by atoms with Gasteiger partial charge in [-0.25, -0.2) is 0 Å². The molecule has 0 unspecified atom stereocenters. The van der Waals surface area contributed by atoms with Crippen LogP contribution >= 0.6 is 15.9 Å². The highest BCUT2D eigenvalue weighted by Crippen LogP contribution is 2.14. The predicted molar refractivity (Wildman–Crippen MR) is 86.9 cm³/mol. The average molecular weight is 334 g/mol. The molecule has 0 saturated carbocycles. The van der Waals surface area contributed by atoms with Crippen molar-refractivity contribution < 1.29 is 4.74 Å². The normalized spacial score (nSPS) is 10.5. The molecule has 0 atom stereocenters. The maximum atomic E-state index is 5.64. The fourth-order valence-electron chi connectivity index (χ4n) is 1.92. The van der Waals surface area contributed by atoms with Crippen LogP contribution in [0, 0.1) is 0 Å². The van der Waals surface area contributed by atoms with Gasteiger partial charge in [-0.3, -0.25) is 0 Å².